The van der Waals surface area contributed by atoms with Gasteiger partial charge in [-0.2, -0.15) is 18.3 Å². The second kappa shape index (κ2) is 15.9. The summed E-state index contributed by atoms with van der Waals surface area (Å²) < 4.78 is 85.9. The highest BCUT2D eigenvalue weighted by Gasteiger charge is 2.37. The first-order valence-electron chi connectivity index (χ1n) is 17.6. The number of amides is 3. The van der Waals surface area contributed by atoms with E-state index in [2.05, 4.69) is 25.3 Å². The standard InChI is InChI=1S/C35H45F5N8O6/c1-33(2,3)53-31(50)46-15-13-45(14-16-46)22-7-9-23(10-8-22)48-18-24(27(44-48)28(36)37)42-29(49)25-19-52-30(43-25)21-11-12-41-26(17-21)47(20-35(38,39)40)32(51)54-34(4,5)6/h11-12,17-19,22-23,28H,7-10,13-16,20H2,1-6H3,(H,42,49). The zero-order chi connectivity index (χ0) is 39.6. The van der Waals surface area contributed by atoms with E-state index in [-0.39, 0.29) is 41.0 Å². The van der Waals surface area contributed by atoms with Crippen LogP contribution in [-0.2, 0) is 9.47 Å². The molecule has 3 aromatic rings. The van der Waals surface area contributed by atoms with Gasteiger partial charge in [0, 0.05) is 50.2 Å². The maximum absolute atomic E-state index is 14.1. The number of rotatable bonds is 8. The van der Waals surface area contributed by atoms with Gasteiger partial charge in [0.15, 0.2) is 11.4 Å². The van der Waals surface area contributed by atoms with Crippen LogP contribution in [0.25, 0.3) is 11.5 Å². The summed E-state index contributed by atoms with van der Waals surface area (Å²) in [5.74, 6) is -1.50. The van der Waals surface area contributed by atoms with Gasteiger partial charge in [-0.25, -0.2) is 28.3 Å². The van der Waals surface area contributed by atoms with Crippen molar-refractivity contribution >= 4 is 29.6 Å². The Morgan fingerprint density at radius 3 is 2.19 bits per heavy atom. The lowest BCUT2D eigenvalue weighted by Crippen LogP contribution is -2.53. The van der Waals surface area contributed by atoms with Gasteiger partial charge in [-0.15, -0.1) is 0 Å². The monoisotopic (exact) mass is 768 g/mol. The number of nitrogens with one attached hydrogen (secondary N) is 1. The fourth-order valence-corrected chi connectivity index (χ4v) is 6.27. The third-order valence-electron chi connectivity index (χ3n) is 8.70. The molecule has 54 heavy (non-hydrogen) atoms. The zero-order valence-electron chi connectivity index (χ0n) is 31.0. The van der Waals surface area contributed by atoms with Crippen LogP contribution < -0.4 is 10.2 Å². The lowest BCUT2D eigenvalue weighted by atomic mass is 9.90. The first-order valence-corrected chi connectivity index (χ1v) is 17.6. The van der Waals surface area contributed by atoms with Crippen molar-refractivity contribution in [3.8, 4) is 11.5 Å². The quantitative estimate of drug-likeness (QED) is 0.229. The number of piperazine rings is 1. The highest BCUT2D eigenvalue weighted by Crippen LogP contribution is 2.35. The molecule has 1 saturated heterocycles. The number of nitrogens with zero attached hydrogens (tertiary/aromatic N) is 7. The molecule has 0 unspecified atom stereocenters. The molecule has 1 saturated carbocycles. The average molecular weight is 769 g/mol. The van der Waals surface area contributed by atoms with Gasteiger partial charge in [-0.3, -0.25) is 19.3 Å². The number of hydrogen-bond donors (Lipinski definition) is 1. The second-order valence-electron chi connectivity index (χ2n) is 15.3. The molecule has 3 amide bonds. The maximum Gasteiger partial charge on any atom is 0.416 e. The summed E-state index contributed by atoms with van der Waals surface area (Å²) in [4.78, 5) is 50.6. The van der Waals surface area contributed by atoms with Crippen LogP contribution in [0.1, 0.15) is 95.9 Å². The molecular weight excluding hydrogens is 723 g/mol. The number of halogens is 5. The van der Waals surface area contributed by atoms with Crippen molar-refractivity contribution < 1.29 is 50.2 Å². The minimum atomic E-state index is -4.78. The molecule has 0 radical (unpaired) electrons. The lowest BCUT2D eigenvalue weighted by molar-refractivity contribution is -0.119. The van der Waals surface area contributed by atoms with E-state index < -0.39 is 53.9 Å². The van der Waals surface area contributed by atoms with Crippen molar-refractivity contribution in [3.63, 3.8) is 0 Å². The minimum absolute atomic E-state index is 0.0800. The van der Waals surface area contributed by atoms with E-state index in [0.29, 0.717) is 43.9 Å². The summed E-state index contributed by atoms with van der Waals surface area (Å²) in [7, 11) is 0. The molecule has 1 aliphatic carbocycles. The average Bonchev–Trinajstić information content (AvgIpc) is 3.74. The van der Waals surface area contributed by atoms with Crippen molar-refractivity contribution in [3.05, 3.63) is 42.2 Å². The van der Waals surface area contributed by atoms with Crippen LogP contribution >= 0.6 is 0 Å². The lowest BCUT2D eigenvalue weighted by Gasteiger charge is -2.42. The fourth-order valence-electron chi connectivity index (χ4n) is 6.27. The van der Waals surface area contributed by atoms with Crippen LogP contribution in [0.4, 0.5) is 43.0 Å². The van der Waals surface area contributed by atoms with Crippen molar-refractivity contribution in [2.24, 2.45) is 0 Å². The molecule has 19 heteroatoms. The number of anilines is 2. The number of alkyl halides is 5. The SMILES string of the molecule is CC(C)(C)OC(=O)N1CCN(C2CCC(n3cc(NC(=O)c4coc(-c5ccnc(N(CC(F)(F)F)C(=O)OC(C)(C)C)c5)n4)c(C(F)F)n3)CC2)CC1. The molecule has 1 N–H and O–H groups in total. The smallest absolute Gasteiger partial charge is 0.416 e. The summed E-state index contributed by atoms with van der Waals surface area (Å²) in [5, 5.41) is 6.55. The third kappa shape index (κ3) is 10.7. The molecule has 296 valence electrons. The zero-order valence-corrected chi connectivity index (χ0v) is 31.0. The topological polar surface area (TPSA) is 148 Å². The Balaban J connectivity index is 1.22. The second-order valence-corrected chi connectivity index (χ2v) is 15.3. The van der Waals surface area contributed by atoms with Gasteiger partial charge in [0.05, 0.1) is 11.7 Å². The fraction of sp³-hybridized carbons (Fsp3) is 0.600. The van der Waals surface area contributed by atoms with Crippen LogP contribution in [-0.4, -0.2) is 104 Å². The summed E-state index contributed by atoms with van der Waals surface area (Å²) in [6.07, 6.45) is -2.99. The molecule has 0 bridgehead atoms. The van der Waals surface area contributed by atoms with Crippen molar-refractivity contribution in [1.29, 1.82) is 0 Å². The number of carbonyl (C=O) groups is 3. The Kier molecular flexibility index (Phi) is 11.9. The first-order chi connectivity index (χ1) is 25.2. The number of oxazole rings is 1. The molecule has 2 fully saturated rings. The van der Waals surface area contributed by atoms with E-state index in [0.717, 1.165) is 31.4 Å². The molecule has 3 aromatic heterocycles. The van der Waals surface area contributed by atoms with Gasteiger partial charge >= 0.3 is 18.4 Å². The van der Waals surface area contributed by atoms with Gasteiger partial charge in [0.1, 0.15) is 29.8 Å². The minimum Gasteiger partial charge on any atom is -0.444 e. The molecule has 2 aliphatic rings. The van der Waals surface area contributed by atoms with Crippen LogP contribution in [0.3, 0.4) is 0 Å². The Labute approximate surface area is 309 Å². The number of aromatic nitrogens is 4. The van der Waals surface area contributed by atoms with Crippen LogP contribution in [0.15, 0.2) is 35.2 Å². The van der Waals surface area contributed by atoms with E-state index in [1.54, 1.807) is 4.90 Å². The summed E-state index contributed by atoms with van der Waals surface area (Å²) in [6, 6.07) is 2.55. The van der Waals surface area contributed by atoms with Crippen LogP contribution in [0, 0.1) is 0 Å². The first kappa shape index (κ1) is 40.4. The highest BCUT2D eigenvalue weighted by molar-refractivity contribution is 6.03. The molecule has 4 heterocycles. The molecule has 0 spiro atoms. The van der Waals surface area contributed by atoms with Crippen molar-refractivity contribution in [1.82, 2.24) is 29.5 Å². The van der Waals surface area contributed by atoms with Gasteiger partial charge in [-0.1, -0.05) is 0 Å². The third-order valence-corrected chi connectivity index (χ3v) is 8.70. The summed E-state index contributed by atoms with van der Waals surface area (Å²) in [6.45, 7) is 10.8. The molecule has 1 aliphatic heterocycles. The summed E-state index contributed by atoms with van der Waals surface area (Å²) >= 11 is 0. The van der Waals surface area contributed by atoms with E-state index in [9.17, 15) is 36.3 Å². The number of carbonyl (C=O) groups excluding carboxylic acids is 3. The normalized spacial score (nSPS) is 18.8. The summed E-state index contributed by atoms with van der Waals surface area (Å²) in [5.41, 5.74) is -2.70. The maximum atomic E-state index is 14.1. The highest BCUT2D eigenvalue weighted by atomic mass is 19.4. The van der Waals surface area contributed by atoms with Crippen molar-refractivity contribution in [2.45, 2.75) is 103 Å². The predicted octanol–water partition coefficient (Wildman–Crippen LogP) is 7.46. The van der Waals surface area contributed by atoms with Crippen molar-refractivity contribution in [2.75, 3.05) is 42.9 Å². The predicted molar refractivity (Wildman–Crippen MR) is 185 cm³/mol. The van der Waals surface area contributed by atoms with Gasteiger partial charge in [0.25, 0.3) is 12.3 Å². The van der Waals surface area contributed by atoms with Gasteiger partial charge in [0.2, 0.25) is 5.89 Å². The Morgan fingerprint density at radius 2 is 1.59 bits per heavy atom. The number of hydrogen-bond acceptors (Lipinski definition) is 10. The van der Waals surface area contributed by atoms with E-state index >= 15 is 0 Å². The van der Waals surface area contributed by atoms with Crippen LogP contribution in [0.5, 0.6) is 0 Å². The molecule has 5 rings (SSSR count). The molecule has 0 atom stereocenters. The molecule has 14 nitrogen and oxygen atoms in total. The molecular formula is C35H45F5N8O6. The number of pyridine rings is 1. The van der Waals surface area contributed by atoms with E-state index in [1.807, 2.05) is 20.8 Å². The van der Waals surface area contributed by atoms with Gasteiger partial charge < -0.3 is 24.1 Å². The Hall–Kier alpha value is -4.81. The Bertz CT molecular complexity index is 1780. The van der Waals surface area contributed by atoms with E-state index in [4.69, 9.17) is 13.9 Å². The Morgan fingerprint density at radius 1 is 0.963 bits per heavy atom. The van der Waals surface area contributed by atoms with Gasteiger partial charge in [-0.05, 0) is 79.4 Å². The van der Waals surface area contributed by atoms with E-state index in [1.165, 1.54) is 37.7 Å². The number of ether oxygens (including phenoxy) is 2. The molecule has 0 aromatic carbocycles. The van der Waals surface area contributed by atoms with Crippen LogP contribution in [0.2, 0.25) is 0 Å². The largest absolute Gasteiger partial charge is 0.444 e.